The van der Waals surface area contributed by atoms with Crippen molar-refractivity contribution in [2.24, 2.45) is 0 Å². The number of hydrogen-bond donors (Lipinski definition) is 2. The van der Waals surface area contributed by atoms with Crippen molar-refractivity contribution in [1.82, 2.24) is 5.32 Å². The number of nitrogens with one attached hydrogen (secondary N) is 1. The summed E-state index contributed by atoms with van der Waals surface area (Å²) in [4.78, 5) is 2.01. The Hall–Kier alpha value is -1.57. The Morgan fingerprint density at radius 1 is 1.35 bits per heavy atom. The molecule has 1 aromatic rings. The first kappa shape index (κ1) is 13.5. The number of anilines is 1. The minimum atomic E-state index is -0.756. The third-order valence-electron chi connectivity index (χ3n) is 2.78. The van der Waals surface area contributed by atoms with Crippen LogP contribution in [0, 0.1) is 11.3 Å². The highest BCUT2D eigenvalue weighted by Crippen LogP contribution is 2.22. The van der Waals surface area contributed by atoms with Gasteiger partial charge in [-0.3, -0.25) is 5.32 Å². The third-order valence-corrected chi connectivity index (χ3v) is 2.78. The van der Waals surface area contributed by atoms with Crippen molar-refractivity contribution in [1.29, 1.82) is 5.26 Å². The summed E-state index contributed by atoms with van der Waals surface area (Å²) < 4.78 is 0. The molecule has 0 saturated carbocycles. The average Bonchev–Trinajstić information content (AvgIpc) is 2.36. The minimum absolute atomic E-state index is 0.0209. The Kier molecular flexibility index (Phi) is 4.50. The first-order chi connectivity index (χ1) is 8.03. The van der Waals surface area contributed by atoms with Gasteiger partial charge in [-0.15, -0.1) is 0 Å². The molecule has 0 heterocycles. The topological polar surface area (TPSA) is 59.3 Å². The second kappa shape index (κ2) is 5.67. The molecule has 0 aliphatic heterocycles. The van der Waals surface area contributed by atoms with E-state index in [2.05, 4.69) is 11.4 Å². The van der Waals surface area contributed by atoms with Gasteiger partial charge in [-0.2, -0.15) is 5.26 Å². The van der Waals surface area contributed by atoms with Crippen LogP contribution < -0.4 is 10.2 Å². The largest absolute Gasteiger partial charge is 0.395 e. The molecule has 0 saturated heterocycles. The van der Waals surface area contributed by atoms with Crippen LogP contribution in [-0.4, -0.2) is 32.4 Å². The van der Waals surface area contributed by atoms with E-state index in [0.29, 0.717) is 6.54 Å². The molecule has 92 valence electrons. The van der Waals surface area contributed by atoms with Gasteiger partial charge in [0.2, 0.25) is 0 Å². The molecule has 4 heteroatoms. The smallest absolute Gasteiger partial charge is 0.129 e. The number of rotatable bonds is 5. The van der Waals surface area contributed by atoms with Gasteiger partial charge in [0.25, 0.3) is 0 Å². The molecular weight excluding hydrogens is 214 g/mol. The lowest BCUT2D eigenvalue weighted by molar-refractivity contribution is 0.276. The van der Waals surface area contributed by atoms with Crippen LogP contribution in [-0.2, 0) is 5.54 Å². The van der Waals surface area contributed by atoms with E-state index in [9.17, 15) is 5.26 Å². The lowest BCUT2D eigenvalue weighted by atomic mass is 9.93. The Bertz CT molecular complexity index is 394. The minimum Gasteiger partial charge on any atom is -0.395 e. The molecule has 1 rings (SSSR count). The van der Waals surface area contributed by atoms with Gasteiger partial charge in [-0.05, 0) is 24.6 Å². The molecule has 0 aliphatic carbocycles. The standard InChI is InChI=1S/C13H19N3O/c1-13(10-14,15-8-9-17)11-4-6-12(7-5-11)16(2)3/h4-7,15,17H,8-9H2,1-3H3. The van der Waals surface area contributed by atoms with E-state index < -0.39 is 5.54 Å². The maximum atomic E-state index is 9.24. The Morgan fingerprint density at radius 2 is 1.94 bits per heavy atom. The molecule has 17 heavy (non-hydrogen) atoms. The van der Waals surface area contributed by atoms with E-state index in [1.54, 1.807) is 0 Å². The van der Waals surface area contributed by atoms with Gasteiger partial charge in [0.15, 0.2) is 0 Å². The molecular formula is C13H19N3O. The highest BCUT2D eigenvalue weighted by Gasteiger charge is 2.25. The van der Waals surface area contributed by atoms with Crippen LogP contribution in [0.5, 0.6) is 0 Å². The summed E-state index contributed by atoms with van der Waals surface area (Å²) in [7, 11) is 3.95. The zero-order chi connectivity index (χ0) is 12.9. The lowest BCUT2D eigenvalue weighted by Gasteiger charge is -2.24. The van der Waals surface area contributed by atoms with Crippen molar-refractivity contribution < 1.29 is 5.11 Å². The molecule has 0 spiro atoms. The van der Waals surface area contributed by atoms with Crippen LogP contribution in [0.2, 0.25) is 0 Å². The van der Waals surface area contributed by atoms with Crippen molar-refractivity contribution in [3.8, 4) is 6.07 Å². The molecule has 0 amide bonds. The van der Waals surface area contributed by atoms with Gasteiger partial charge in [0, 0.05) is 26.3 Å². The predicted octanol–water partition coefficient (Wildman–Crippen LogP) is 1.07. The summed E-state index contributed by atoms with van der Waals surface area (Å²) in [6.07, 6.45) is 0. The predicted molar refractivity (Wildman–Crippen MR) is 68.8 cm³/mol. The molecule has 0 bridgehead atoms. The van der Waals surface area contributed by atoms with Gasteiger partial charge >= 0.3 is 0 Å². The highest BCUT2D eigenvalue weighted by molar-refractivity contribution is 5.48. The summed E-state index contributed by atoms with van der Waals surface area (Å²) in [5.74, 6) is 0. The van der Waals surface area contributed by atoms with E-state index in [-0.39, 0.29) is 6.61 Å². The summed E-state index contributed by atoms with van der Waals surface area (Å²) in [5.41, 5.74) is 1.24. The quantitative estimate of drug-likeness (QED) is 0.799. The maximum Gasteiger partial charge on any atom is 0.129 e. The van der Waals surface area contributed by atoms with E-state index in [1.807, 2.05) is 50.2 Å². The summed E-state index contributed by atoms with van der Waals surface area (Å²) >= 11 is 0. The van der Waals surface area contributed by atoms with Crippen LogP contribution in [0.15, 0.2) is 24.3 Å². The zero-order valence-corrected chi connectivity index (χ0v) is 10.6. The monoisotopic (exact) mass is 233 g/mol. The zero-order valence-electron chi connectivity index (χ0n) is 10.6. The number of aliphatic hydroxyl groups is 1. The molecule has 0 fully saturated rings. The molecule has 0 aliphatic rings. The van der Waals surface area contributed by atoms with Crippen LogP contribution in [0.25, 0.3) is 0 Å². The normalized spacial score (nSPS) is 13.8. The van der Waals surface area contributed by atoms with Crippen LogP contribution in [0.1, 0.15) is 12.5 Å². The van der Waals surface area contributed by atoms with Gasteiger partial charge in [-0.1, -0.05) is 12.1 Å². The van der Waals surface area contributed by atoms with Gasteiger partial charge < -0.3 is 10.0 Å². The molecule has 0 radical (unpaired) electrons. The molecule has 0 aromatic heterocycles. The second-order valence-electron chi connectivity index (χ2n) is 4.33. The van der Waals surface area contributed by atoms with E-state index in [1.165, 1.54) is 0 Å². The van der Waals surface area contributed by atoms with Crippen molar-refractivity contribution in [3.63, 3.8) is 0 Å². The Labute approximate surface area is 102 Å². The Morgan fingerprint density at radius 3 is 2.35 bits per heavy atom. The van der Waals surface area contributed by atoms with E-state index in [0.717, 1.165) is 11.3 Å². The van der Waals surface area contributed by atoms with Crippen molar-refractivity contribution in [2.75, 3.05) is 32.1 Å². The van der Waals surface area contributed by atoms with Crippen LogP contribution >= 0.6 is 0 Å². The van der Waals surface area contributed by atoms with E-state index >= 15 is 0 Å². The molecule has 1 unspecified atom stereocenters. The van der Waals surface area contributed by atoms with Gasteiger partial charge in [0.1, 0.15) is 5.54 Å². The number of benzene rings is 1. The fraction of sp³-hybridized carbons (Fsp3) is 0.462. The second-order valence-corrected chi connectivity index (χ2v) is 4.33. The fourth-order valence-electron chi connectivity index (χ4n) is 1.60. The maximum absolute atomic E-state index is 9.24. The Balaban J connectivity index is 2.93. The van der Waals surface area contributed by atoms with E-state index in [4.69, 9.17) is 5.11 Å². The average molecular weight is 233 g/mol. The van der Waals surface area contributed by atoms with Crippen LogP contribution in [0.3, 0.4) is 0 Å². The fourth-order valence-corrected chi connectivity index (χ4v) is 1.60. The van der Waals surface area contributed by atoms with Crippen molar-refractivity contribution in [3.05, 3.63) is 29.8 Å². The number of aliphatic hydroxyl groups excluding tert-OH is 1. The highest BCUT2D eigenvalue weighted by atomic mass is 16.3. The number of hydrogen-bond acceptors (Lipinski definition) is 4. The van der Waals surface area contributed by atoms with Gasteiger partial charge in [-0.25, -0.2) is 0 Å². The van der Waals surface area contributed by atoms with Crippen molar-refractivity contribution in [2.45, 2.75) is 12.5 Å². The summed E-state index contributed by atoms with van der Waals surface area (Å²) in [5, 5.41) is 21.1. The van der Waals surface area contributed by atoms with Crippen molar-refractivity contribution >= 4 is 5.69 Å². The SMILES string of the molecule is CN(C)c1ccc(C(C)(C#N)NCCO)cc1. The lowest BCUT2D eigenvalue weighted by Crippen LogP contribution is -2.39. The number of nitrogens with zero attached hydrogens (tertiary/aromatic N) is 2. The molecule has 1 aromatic carbocycles. The van der Waals surface area contributed by atoms with Crippen LogP contribution in [0.4, 0.5) is 5.69 Å². The summed E-state index contributed by atoms with van der Waals surface area (Å²) in [6, 6.07) is 10.1. The number of nitriles is 1. The molecule has 2 N–H and O–H groups in total. The summed E-state index contributed by atoms with van der Waals surface area (Å²) in [6.45, 7) is 2.24. The third kappa shape index (κ3) is 3.19. The molecule has 1 atom stereocenters. The first-order valence-electron chi connectivity index (χ1n) is 5.58. The molecule has 4 nitrogen and oxygen atoms in total. The van der Waals surface area contributed by atoms with Gasteiger partial charge in [0.05, 0.1) is 12.7 Å². The first-order valence-corrected chi connectivity index (χ1v) is 5.58.